The molecule has 0 spiro atoms. The standard InChI is InChI=1S/C25H31N3O/c1-17-15-24(21-13-18(2)25(29)19(3)14-21)26-23-6-5-20(16-22(17)23)7-8-28-11-9-27(4)10-12-28/h5-6,13-16,29H,7-12H2,1-4H3. The second kappa shape index (κ2) is 8.13. The van der Waals surface area contributed by atoms with Crippen LogP contribution in [-0.4, -0.2) is 59.7 Å². The molecule has 29 heavy (non-hydrogen) atoms. The number of nitrogens with zero attached hydrogens (tertiary/aromatic N) is 3. The highest BCUT2D eigenvalue weighted by Gasteiger charge is 2.14. The lowest BCUT2D eigenvalue weighted by Crippen LogP contribution is -2.45. The average Bonchev–Trinajstić information content (AvgIpc) is 2.71. The molecule has 1 aliphatic rings. The number of rotatable bonds is 4. The number of aromatic nitrogens is 1. The van der Waals surface area contributed by atoms with Crippen molar-refractivity contribution in [3.8, 4) is 17.0 Å². The molecule has 4 rings (SSSR count). The van der Waals surface area contributed by atoms with Gasteiger partial charge in [0.2, 0.25) is 0 Å². The molecule has 152 valence electrons. The second-order valence-corrected chi connectivity index (χ2v) is 8.53. The van der Waals surface area contributed by atoms with E-state index in [0.29, 0.717) is 5.75 Å². The Bertz CT molecular complexity index is 1010. The van der Waals surface area contributed by atoms with Gasteiger partial charge < -0.3 is 14.9 Å². The molecule has 2 heterocycles. The number of phenolic OH excluding ortho intramolecular Hbond substituents is 1. The number of hydrogen-bond acceptors (Lipinski definition) is 4. The van der Waals surface area contributed by atoms with Gasteiger partial charge in [0, 0.05) is 43.7 Å². The molecule has 1 saturated heterocycles. The van der Waals surface area contributed by atoms with E-state index in [2.05, 4.69) is 48.0 Å². The number of fused-ring (bicyclic) bond motifs is 1. The van der Waals surface area contributed by atoms with Crippen LogP contribution in [0.15, 0.2) is 36.4 Å². The van der Waals surface area contributed by atoms with E-state index >= 15 is 0 Å². The SMILES string of the molecule is Cc1cc(-c2cc(C)c3cc(CCN4CCN(C)CC4)ccc3n2)cc(C)c1O. The monoisotopic (exact) mass is 389 g/mol. The van der Waals surface area contributed by atoms with Gasteiger partial charge in [-0.1, -0.05) is 6.07 Å². The third kappa shape index (κ3) is 4.29. The van der Waals surface area contributed by atoms with E-state index in [1.807, 2.05) is 26.0 Å². The van der Waals surface area contributed by atoms with Crippen LogP contribution >= 0.6 is 0 Å². The highest BCUT2D eigenvalue weighted by atomic mass is 16.3. The van der Waals surface area contributed by atoms with Crippen LogP contribution < -0.4 is 0 Å². The molecule has 0 aliphatic carbocycles. The molecule has 1 aliphatic heterocycles. The quantitative estimate of drug-likeness (QED) is 0.721. The van der Waals surface area contributed by atoms with Crippen molar-refractivity contribution in [1.82, 2.24) is 14.8 Å². The molecule has 0 unspecified atom stereocenters. The minimum absolute atomic E-state index is 0.372. The Kier molecular flexibility index (Phi) is 5.57. The lowest BCUT2D eigenvalue weighted by Gasteiger charge is -2.32. The van der Waals surface area contributed by atoms with Crippen LogP contribution in [0.3, 0.4) is 0 Å². The number of pyridine rings is 1. The van der Waals surface area contributed by atoms with Crippen molar-refractivity contribution in [3.63, 3.8) is 0 Å². The van der Waals surface area contributed by atoms with Crippen LogP contribution in [0, 0.1) is 20.8 Å². The molecule has 2 aromatic carbocycles. The van der Waals surface area contributed by atoms with E-state index in [0.717, 1.165) is 40.9 Å². The zero-order chi connectivity index (χ0) is 20.5. The molecule has 4 heteroatoms. The number of phenols is 1. The molecule has 1 aromatic heterocycles. The lowest BCUT2D eigenvalue weighted by atomic mass is 9.99. The first kappa shape index (κ1) is 19.9. The normalized spacial score (nSPS) is 15.9. The van der Waals surface area contributed by atoms with Crippen molar-refractivity contribution in [2.75, 3.05) is 39.8 Å². The van der Waals surface area contributed by atoms with Crippen LogP contribution in [0.5, 0.6) is 5.75 Å². The first-order chi connectivity index (χ1) is 13.9. The van der Waals surface area contributed by atoms with E-state index in [1.165, 1.54) is 42.7 Å². The summed E-state index contributed by atoms with van der Waals surface area (Å²) in [5, 5.41) is 11.3. The zero-order valence-electron chi connectivity index (χ0n) is 18.0. The number of benzene rings is 2. The average molecular weight is 390 g/mol. The molecule has 0 saturated carbocycles. The van der Waals surface area contributed by atoms with Gasteiger partial charge in [-0.3, -0.25) is 0 Å². The first-order valence-corrected chi connectivity index (χ1v) is 10.5. The third-order valence-electron chi connectivity index (χ3n) is 6.18. The molecule has 0 bridgehead atoms. The maximum absolute atomic E-state index is 10.1. The second-order valence-electron chi connectivity index (χ2n) is 8.53. The van der Waals surface area contributed by atoms with Crippen molar-refractivity contribution >= 4 is 10.9 Å². The Hall–Kier alpha value is -2.43. The zero-order valence-corrected chi connectivity index (χ0v) is 18.0. The maximum atomic E-state index is 10.1. The highest BCUT2D eigenvalue weighted by molar-refractivity contribution is 5.85. The molecule has 1 fully saturated rings. The molecule has 0 radical (unpaired) electrons. The molecule has 0 amide bonds. The summed E-state index contributed by atoms with van der Waals surface area (Å²) in [5.41, 5.74) is 7.46. The Morgan fingerprint density at radius 2 is 1.59 bits per heavy atom. The van der Waals surface area contributed by atoms with Crippen molar-refractivity contribution in [2.24, 2.45) is 0 Å². The number of aromatic hydroxyl groups is 1. The number of piperazine rings is 1. The summed E-state index contributed by atoms with van der Waals surface area (Å²) < 4.78 is 0. The minimum atomic E-state index is 0.372. The fourth-order valence-corrected chi connectivity index (χ4v) is 4.21. The van der Waals surface area contributed by atoms with Gasteiger partial charge in [0.15, 0.2) is 0 Å². The fraction of sp³-hybridized carbons (Fsp3) is 0.400. The van der Waals surface area contributed by atoms with Crippen molar-refractivity contribution in [2.45, 2.75) is 27.2 Å². The molecule has 3 aromatic rings. The summed E-state index contributed by atoms with van der Waals surface area (Å²) in [5.74, 6) is 0.372. The Morgan fingerprint density at radius 3 is 2.28 bits per heavy atom. The smallest absolute Gasteiger partial charge is 0.121 e. The van der Waals surface area contributed by atoms with Gasteiger partial charge in [-0.05, 0) is 86.8 Å². The molecule has 1 N–H and O–H groups in total. The molecular weight excluding hydrogens is 358 g/mol. The summed E-state index contributed by atoms with van der Waals surface area (Å²) in [6.45, 7) is 11.8. The van der Waals surface area contributed by atoms with Crippen molar-refractivity contribution in [1.29, 1.82) is 0 Å². The summed E-state index contributed by atoms with van der Waals surface area (Å²) >= 11 is 0. The van der Waals surface area contributed by atoms with Gasteiger partial charge in [-0.2, -0.15) is 0 Å². The van der Waals surface area contributed by atoms with Crippen LogP contribution in [0.4, 0.5) is 0 Å². The van der Waals surface area contributed by atoms with Crippen LogP contribution in [0.25, 0.3) is 22.2 Å². The Balaban J connectivity index is 1.57. The van der Waals surface area contributed by atoms with E-state index in [-0.39, 0.29) is 0 Å². The molecule has 4 nitrogen and oxygen atoms in total. The maximum Gasteiger partial charge on any atom is 0.121 e. The van der Waals surface area contributed by atoms with Gasteiger partial charge in [0.05, 0.1) is 11.2 Å². The summed E-state index contributed by atoms with van der Waals surface area (Å²) in [6, 6.07) is 12.9. The fourth-order valence-electron chi connectivity index (χ4n) is 4.21. The number of hydrogen-bond donors (Lipinski definition) is 1. The Labute approximate surface area is 173 Å². The first-order valence-electron chi connectivity index (χ1n) is 10.5. The Morgan fingerprint density at radius 1 is 0.897 bits per heavy atom. The van der Waals surface area contributed by atoms with E-state index in [1.54, 1.807) is 0 Å². The summed E-state index contributed by atoms with van der Waals surface area (Å²) in [4.78, 5) is 9.88. The minimum Gasteiger partial charge on any atom is -0.507 e. The predicted octanol–water partition coefficient (Wildman–Crippen LogP) is 4.32. The van der Waals surface area contributed by atoms with Crippen molar-refractivity contribution < 1.29 is 5.11 Å². The van der Waals surface area contributed by atoms with Gasteiger partial charge in [-0.15, -0.1) is 0 Å². The number of likely N-dealkylation sites (N-methyl/N-ethyl adjacent to an activating group) is 1. The molecule has 0 atom stereocenters. The predicted molar refractivity (Wildman–Crippen MR) is 121 cm³/mol. The van der Waals surface area contributed by atoms with Gasteiger partial charge >= 0.3 is 0 Å². The molecular formula is C25H31N3O. The highest BCUT2D eigenvalue weighted by Crippen LogP contribution is 2.30. The summed E-state index contributed by atoms with van der Waals surface area (Å²) in [7, 11) is 2.20. The van der Waals surface area contributed by atoms with Crippen LogP contribution in [0.2, 0.25) is 0 Å². The van der Waals surface area contributed by atoms with Crippen LogP contribution in [0.1, 0.15) is 22.3 Å². The lowest BCUT2D eigenvalue weighted by molar-refractivity contribution is 0.155. The van der Waals surface area contributed by atoms with E-state index < -0.39 is 0 Å². The van der Waals surface area contributed by atoms with E-state index in [4.69, 9.17) is 4.98 Å². The van der Waals surface area contributed by atoms with Crippen molar-refractivity contribution in [3.05, 3.63) is 58.7 Å². The van der Waals surface area contributed by atoms with Crippen LogP contribution in [-0.2, 0) is 6.42 Å². The van der Waals surface area contributed by atoms with Gasteiger partial charge in [-0.25, -0.2) is 4.98 Å². The number of aryl methyl sites for hydroxylation is 3. The summed E-state index contributed by atoms with van der Waals surface area (Å²) in [6.07, 6.45) is 1.08. The third-order valence-corrected chi connectivity index (χ3v) is 6.18. The topological polar surface area (TPSA) is 39.6 Å². The van der Waals surface area contributed by atoms with Gasteiger partial charge in [0.1, 0.15) is 5.75 Å². The van der Waals surface area contributed by atoms with Gasteiger partial charge in [0.25, 0.3) is 0 Å². The largest absolute Gasteiger partial charge is 0.507 e. The van der Waals surface area contributed by atoms with E-state index in [9.17, 15) is 5.11 Å².